The number of carbonyl (C=O) groups excluding carboxylic acids is 1. The molecule has 0 unspecified atom stereocenters. The molecule has 0 fully saturated rings. The summed E-state index contributed by atoms with van der Waals surface area (Å²) in [7, 11) is 1.82. The van der Waals surface area contributed by atoms with E-state index in [9.17, 15) is 4.79 Å². The van der Waals surface area contributed by atoms with Gasteiger partial charge in [-0.25, -0.2) is 9.78 Å². The van der Waals surface area contributed by atoms with E-state index in [1.807, 2.05) is 32.2 Å². The van der Waals surface area contributed by atoms with Gasteiger partial charge in [0, 0.05) is 11.9 Å². The molecule has 5 nitrogen and oxygen atoms in total. The molecule has 0 saturated carbocycles. The minimum absolute atomic E-state index is 0.318. The Kier molecular flexibility index (Phi) is 4.55. The van der Waals surface area contributed by atoms with E-state index in [0.29, 0.717) is 23.0 Å². The van der Waals surface area contributed by atoms with E-state index in [1.165, 1.54) is 11.3 Å². The van der Waals surface area contributed by atoms with Gasteiger partial charge in [-0.05, 0) is 26.0 Å². The lowest BCUT2D eigenvalue weighted by Crippen LogP contribution is -2.12. The van der Waals surface area contributed by atoms with Crippen molar-refractivity contribution in [3.63, 3.8) is 0 Å². The standard InChI is InChI=1S/C15H15N3O2S/c1-4-20-14(19)13-10(2)21-15(17-13)18(3)12-8-6-5-7-11(12)9-16/h5-8H,4H2,1-3H3. The quantitative estimate of drug-likeness (QED) is 0.811. The lowest BCUT2D eigenvalue weighted by Gasteiger charge is -2.16. The molecule has 0 spiro atoms. The molecule has 0 bridgehead atoms. The number of aromatic nitrogens is 1. The number of anilines is 2. The van der Waals surface area contributed by atoms with E-state index in [0.717, 1.165) is 10.6 Å². The first-order chi connectivity index (χ1) is 10.1. The van der Waals surface area contributed by atoms with Gasteiger partial charge < -0.3 is 9.64 Å². The highest BCUT2D eigenvalue weighted by Gasteiger charge is 2.19. The van der Waals surface area contributed by atoms with Crippen LogP contribution in [-0.4, -0.2) is 24.6 Å². The number of hydrogen-bond donors (Lipinski definition) is 0. The topological polar surface area (TPSA) is 66.2 Å². The number of rotatable bonds is 4. The maximum atomic E-state index is 11.8. The normalized spacial score (nSPS) is 10.0. The van der Waals surface area contributed by atoms with Crippen LogP contribution in [0.2, 0.25) is 0 Å². The molecular formula is C15H15N3O2S. The van der Waals surface area contributed by atoms with Crippen LogP contribution in [0.15, 0.2) is 24.3 Å². The van der Waals surface area contributed by atoms with Crippen molar-refractivity contribution in [3.8, 4) is 6.07 Å². The summed E-state index contributed by atoms with van der Waals surface area (Å²) in [4.78, 5) is 18.8. The van der Waals surface area contributed by atoms with Crippen LogP contribution in [0.5, 0.6) is 0 Å². The lowest BCUT2D eigenvalue weighted by molar-refractivity contribution is 0.0519. The molecule has 1 aromatic heterocycles. The fourth-order valence-corrected chi connectivity index (χ4v) is 2.75. The summed E-state index contributed by atoms with van der Waals surface area (Å²) >= 11 is 1.40. The largest absolute Gasteiger partial charge is 0.461 e. The summed E-state index contributed by atoms with van der Waals surface area (Å²) in [6.45, 7) is 3.91. The first-order valence-electron chi connectivity index (χ1n) is 6.45. The van der Waals surface area contributed by atoms with E-state index in [-0.39, 0.29) is 0 Å². The predicted octanol–water partition coefficient (Wildman–Crippen LogP) is 3.27. The van der Waals surface area contributed by atoms with Gasteiger partial charge in [-0.15, -0.1) is 11.3 Å². The molecule has 0 atom stereocenters. The second-order valence-electron chi connectivity index (χ2n) is 4.31. The summed E-state index contributed by atoms with van der Waals surface area (Å²) < 4.78 is 4.99. The number of nitrogens with zero attached hydrogens (tertiary/aromatic N) is 3. The molecule has 2 rings (SSSR count). The lowest BCUT2D eigenvalue weighted by atomic mass is 10.2. The van der Waals surface area contributed by atoms with Crippen LogP contribution in [-0.2, 0) is 4.74 Å². The van der Waals surface area contributed by atoms with Gasteiger partial charge in [0.15, 0.2) is 10.8 Å². The number of esters is 1. The second kappa shape index (κ2) is 6.37. The van der Waals surface area contributed by atoms with Crippen LogP contribution in [0, 0.1) is 18.3 Å². The average molecular weight is 301 g/mol. The van der Waals surface area contributed by atoms with Crippen LogP contribution in [0.25, 0.3) is 0 Å². The number of thiazole rings is 1. The van der Waals surface area contributed by atoms with Crippen LogP contribution in [0.4, 0.5) is 10.8 Å². The Hall–Kier alpha value is -2.39. The predicted molar refractivity (Wildman–Crippen MR) is 82.0 cm³/mol. The van der Waals surface area contributed by atoms with Crippen molar-refractivity contribution in [1.82, 2.24) is 4.98 Å². The summed E-state index contributed by atoms with van der Waals surface area (Å²) in [6, 6.07) is 9.42. The molecule has 0 aliphatic heterocycles. The molecule has 0 N–H and O–H groups in total. The first-order valence-corrected chi connectivity index (χ1v) is 7.27. The average Bonchev–Trinajstić information content (AvgIpc) is 2.88. The summed E-state index contributed by atoms with van der Waals surface area (Å²) in [5.41, 5.74) is 1.65. The van der Waals surface area contributed by atoms with Crippen molar-refractivity contribution in [2.75, 3.05) is 18.6 Å². The van der Waals surface area contributed by atoms with Gasteiger partial charge >= 0.3 is 5.97 Å². The Balaban J connectivity index is 2.37. The van der Waals surface area contributed by atoms with Crippen molar-refractivity contribution < 1.29 is 9.53 Å². The molecule has 0 aliphatic carbocycles. The maximum Gasteiger partial charge on any atom is 0.358 e. The molecule has 108 valence electrons. The molecule has 1 heterocycles. The van der Waals surface area contributed by atoms with Gasteiger partial charge in [-0.3, -0.25) is 0 Å². The fraction of sp³-hybridized carbons (Fsp3) is 0.267. The van der Waals surface area contributed by atoms with Gasteiger partial charge in [0.05, 0.1) is 17.9 Å². The zero-order valence-corrected chi connectivity index (χ0v) is 12.9. The maximum absolute atomic E-state index is 11.8. The first kappa shape index (κ1) is 15.0. The third-order valence-electron chi connectivity index (χ3n) is 2.93. The third kappa shape index (κ3) is 3.03. The van der Waals surface area contributed by atoms with Crippen LogP contribution in [0.3, 0.4) is 0 Å². The van der Waals surface area contributed by atoms with Crippen LogP contribution < -0.4 is 4.90 Å². The van der Waals surface area contributed by atoms with Crippen molar-refractivity contribution >= 4 is 28.1 Å². The van der Waals surface area contributed by atoms with Gasteiger partial charge in [0.2, 0.25) is 0 Å². The highest BCUT2D eigenvalue weighted by atomic mass is 32.1. The van der Waals surface area contributed by atoms with E-state index in [4.69, 9.17) is 10.00 Å². The molecule has 0 amide bonds. The van der Waals surface area contributed by atoms with E-state index >= 15 is 0 Å². The minimum atomic E-state index is -0.417. The number of nitriles is 1. The van der Waals surface area contributed by atoms with Gasteiger partial charge in [0.1, 0.15) is 6.07 Å². The second-order valence-corrected chi connectivity index (χ2v) is 5.49. The highest BCUT2D eigenvalue weighted by molar-refractivity contribution is 7.15. The molecule has 0 aliphatic rings. The summed E-state index contributed by atoms with van der Waals surface area (Å²) in [5.74, 6) is -0.417. The summed E-state index contributed by atoms with van der Waals surface area (Å²) in [5, 5.41) is 9.82. The smallest absolute Gasteiger partial charge is 0.358 e. The number of hydrogen-bond acceptors (Lipinski definition) is 6. The zero-order valence-electron chi connectivity index (χ0n) is 12.1. The summed E-state index contributed by atoms with van der Waals surface area (Å²) in [6.07, 6.45) is 0. The van der Waals surface area contributed by atoms with E-state index in [1.54, 1.807) is 17.9 Å². The molecule has 1 aromatic carbocycles. The number of carbonyl (C=O) groups is 1. The number of aryl methyl sites for hydroxylation is 1. The SMILES string of the molecule is CCOC(=O)c1nc(N(C)c2ccccc2C#N)sc1C. The van der Waals surface area contributed by atoms with E-state index in [2.05, 4.69) is 11.1 Å². The van der Waals surface area contributed by atoms with Gasteiger partial charge in [-0.2, -0.15) is 5.26 Å². The molecular weight excluding hydrogens is 286 g/mol. The number of para-hydroxylation sites is 1. The minimum Gasteiger partial charge on any atom is -0.461 e. The molecule has 0 radical (unpaired) electrons. The van der Waals surface area contributed by atoms with Crippen molar-refractivity contribution in [3.05, 3.63) is 40.4 Å². The molecule has 0 saturated heterocycles. The number of ether oxygens (including phenoxy) is 1. The molecule has 21 heavy (non-hydrogen) atoms. The Labute approximate surface area is 127 Å². The Bertz CT molecular complexity index is 703. The molecule has 6 heteroatoms. The third-order valence-corrected chi connectivity index (χ3v) is 3.97. The highest BCUT2D eigenvalue weighted by Crippen LogP contribution is 2.32. The Morgan fingerprint density at radius 2 is 2.19 bits per heavy atom. The monoisotopic (exact) mass is 301 g/mol. The number of benzene rings is 1. The van der Waals surface area contributed by atoms with Gasteiger partial charge in [0.25, 0.3) is 0 Å². The Morgan fingerprint density at radius 3 is 2.86 bits per heavy atom. The van der Waals surface area contributed by atoms with Crippen molar-refractivity contribution in [1.29, 1.82) is 5.26 Å². The van der Waals surface area contributed by atoms with Crippen molar-refractivity contribution in [2.45, 2.75) is 13.8 Å². The van der Waals surface area contributed by atoms with E-state index < -0.39 is 5.97 Å². The van der Waals surface area contributed by atoms with Gasteiger partial charge in [-0.1, -0.05) is 12.1 Å². The molecule has 2 aromatic rings. The zero-order chi connectivity index (χ0) is 15.4. The Morgan fingerprint density at radius 1 is 1.48 bits per heavy atom. The van der Waals surface area contributed by atoms with Crippen molar-refractivity contribution in [2.24, 2.45) is 0 Å². The fourth-order valence-electron chi connectivity index (χ4n) is 1.88. The van der Waals surface area contributed by atoms with Crippen LogP contribution >= 0.6 is 11.3 Å². The van der Waals surface area contributed by atoms with Crippen LogP contribution in [0.1, 0.15) is 27.9 Å².